The minimum atomic E-state index is -0.271. The van der Waals surface area contributed by atoms with Crippen molar-refractivity contribution in [1.82, 2.24) is 10.3 Å². The molecule has 1 heterocycles. The molecule has 1 aliphatic rings. The Morgan fingerprint density at radius 1 is 1.08 bits per heavy atom. The zero-order chi connectivity index (χ0) is 39.2. The number of aldehydes is 1. The van der Waals surface area contributed by atoms with Crippen LogP contribution in [-0.4, -0.2) is 48.8 Å². The van der Waals surface area contributed by atoms with Gasteiger partial charge in [0.25, 0.3) is 0 Å². The largest absolute Gasteiger partial charge is 0.398 e. The van der Waals surface area contributed by atoms with E-state index in [-0.39, 0.29) is 24.3 Å². The van der Waals surface area contributed by atoms with E-state index < -0.39 is 0 Å². The molecule has 4 aromatic rings. The van der Waals surface area contributed by atoms with Crippen LogP contribution >= 0.6 is 0 Å². The van der Waals surface area contributed by atoms with Gasteiger partial charge in [-0.1, -0.05) is 84.4 Å². The van der Waals surface area contributed by atoms with Crippen LogP contribution in [0.3, 0.4) is 0 Å². The van der Waals surface area contributed by atoms with Gasteiger partial charge in [-0.05, 0) is 104 Å². The molecule has 2 unspecified atom stereocenters. The van der Waals surface area contributed by atoms with Gasteiger partial charge in [-0.3, -0.25) is 14.8 Å². The number of hydrogen-bond acceptors (Lipinski definition) is 7. The third-order valence-corrected chi connectivity index (χ3v) is 8.35. The molecule has 8 heteroatoms. The van der Waals surface area contributed by atoms with Gasteiger partial charge >= 0.3 is 0 Å². The van der Waals surface area contributed by atoms with E-state index >= 15 is 0 Å². The highest BCUT2D eigenvalue weighted by atomic mass is 19.1. The number of pyridine rings is 1. The minimum Gasteiger partial charge on any atom is -0.398 e. The van der Waals surface area contributed by atoms with Crippen LogP contribution in [-0.2, 0) is 6.42 Å². The number of nitrogens with one attached hydrogen (secondary N) is 1. The molecule has 52 heavy (non-hydrogen) atoms. The zero-order valence-corrected chi connectivity index (χ0v) is 32.6. The van der Waals surface area contributed by atoms with Gasteiger partial charge in [-0.15, -0.1) is 0 Å². The molecule has 1 aromatic heterocycles. The molecule has 0 aliphatic heterocycles. The molecule has 0 amide bonds. The average molecular weight is 710 g/mol. The lowest BCUT2D eigenvalue weighted by Gasteiger charge is -2.23. The number of nitrogens with two attached hydrogens (primary N) is 2. The smallest absolute Gasteiger partial charge is 0.150 e. The normalized spacial score (nSPS) is 12.6. The Morgan fingerprint density at radius 3 is 2.25 bits per heavy atom. The Labute approximate surface area is 312 Å². The fourth-order valence-corrected chi connectivity index (χ4v) is 5.40. The van der Waals surface area contributed by atoms with E-state index in [4.69, 9.17) is 10.7 Å². The highest BCUT2D eigenvalue weighted by Gasteiger charge is 2.23. The number of aryl methyl sites for hydroxylation is 2. The van der Waals surface area contributed by atoms with E-state index in [1.807, 2.05) is 85.8 Å². The molecule has 6 N–H and O–H groups in total. The summed E-state index contributed by atoms with van der Waals surface area (Å²) in [5.41, 5.74) is 19.6. The summed E-state index contributed by atoms with van der Waals surface area (Å²) in [6.45, 7) is 16.7. The van der Waals surface area contributed by atoms with E-state index in [1.165, 1.54) is 18.9 Å². The van der Waals surface area contributed by atoms with Gasteiger partial charge < -0.3 is 21.9 Å². The number of nitrogens with zero attached hydrogens (tertiary/aromatic N) is 2. The fourth-order valence-electron chi connectivity index (χ4n) is 5.40. The van der Waals surface area contributed by atoms with Crippen LogP contribution in [0, 0.1) is 32.1 Å². The first-order valence-electron chi connectivity index (χ1n) is 18.3. The number of carbonyl (C=O) groups excluding carboxylic acids is 1. The van der Waals surface area contributed by atoms with Crippen LogP contribution in [0.2, 0.25) is 0 Å². The Morgan fingerprint density at radius 2 is 1.71 bits per heavy atom. The molecule has 1 saturated carbocycles. The summed E-state index contributed by atoms with van der Waals surface area (Å²) in [5, 5.41) is 13.1. The van der Waals surface area contributed by atoms with Crippen LogP contribution in [0.5, 0.6) is 0 Å². The summed E-state index contributed by atoms with van der Waals surface area (Å²) in [4.78, 5) is 20.0. The number of rotatable bonds is 11. The van der Waals surface area contributed by atoms with Crippen LogP contribution in [0.4, 0.5) is 10.1 Å². The number of aliphatic imine (C=N–C) groups is 1. The summed E-state index contributed by atoms with van der Waals surface area (Å²) < 4.78 is 14.9. The van der Waals surface area contributed by atoms with E-state index in [0.29, 0.717) is 35.1 Å². The van der Waals surface area contributed by atoms with Crippen molar-refractivity contribution in [2.24, 2.45) is 10.7 Å². The molecule has 280 valence electrons. The standard InChI is InChI=1S/C26H31FN2O.C12H14N2O.C2H3N.2C2H6/c1-5-19-11-12-24(27)22(13-19)26-18(3)21(17(2)16-30)14-25(29-26)23(15-28-4)20-9-7-6-8-10-20;1-8-4-9(7-15)5-10(12(8)13)6-14-11-2-3-11;1-2-3;2*1-2/h6-14,17,23,28,30H,5,15-16H2,1-4H3;4-7,11H,2-3,13H2,1H3;1H,3H2;2*1-2H3. The Bertz CT molecular complexity index is 1730. The molecular formula is C44H60FN5O2. The lowest BCUT2D eigenvalue weighted by molar-refractivity contribution is 0.112. The number of terminal acetylenes is 1. The first-order chi connectivity index (χ1) is 25.1. The van der Waals surface area contributed by atoms with E-state index in [0.717, 1.165) is 51.8 Å². The molecule has 0 saturated heterocycles. The number of hydrogen-bond donors (Lipinski definition) is 4. The first-order valence-corrected chi connectivity index (χ1v) is 18.3. The minimum absolute atomic E-state index is 0.0256. The van der Waals surface area contributed by atoms with Crippen LogP contribution in [0.1, 0.15) is 116 Å². The maximum atomic E-state index is 14.9. The number of halogens is 1. The van der Waals surface area contributed by atoms with Crippen molar-refractivity contribution in [1.29, 1.82) is 0 Å². The second kappa shape index (κ2) is 24.4. The molecule has 7 nitrogen and oxygen atoms in total. The zero-order valence-electron chi connectivity index (χ0n) is 32.6. The maximum absolute atomic E-state index is 14.9. The summed E-state index contributed by atoms with van der Waals surface area (Å²) in [5.74, 6) is -0.307. The second-order valence-electron chi connectivity index (χ2n) is 12.0. The number of aromatic nitrogens is 1. The lowest BCUT2D eigenvalue weighted by atomic mass is 9.88. The quantitative estimate of drug-likeness (QED) is 0.0406. The number of anilines is 1. The van der Waals surface area contributed by atoms with Crippen LogP contribution in [0.25, 0.3) is 11.3 Å². The van der Waals surface area contributed by atoms with Gasteiger partial charge in [0.15, 0.2) is 0 Å². The van der Waals surface area contributed by atoms with Gasteiger partial charge in [0, 0.05) is 53.6 Å². The van der Waals surface area contributed by atoms with Crippen LogP contribution in [0.15, 0.2) is 71.7 Å². The summed E-state index contributed by atoms with van der Waals surface area (Å²) in [6.07, 6.45) is 10.2. The average Bonchev–Trinajstić information content (AvgIpc) is 4.02. The lowest BCUT2D eigenvalue weighted by Crippen LogP contribution is -2.20. The number of nitrogen functional groups attached to an aromatic ring is 1. The summed E-state index contributed by atoms with van der Waals surface area (Å²) >= 11 is 0. The van der Waals surface area contributed by atoms with Crippen molar-refractivity contribution in [3.05, 3.63) is 117 Å². The second-order valence-corrected chi connectivity index (χ2v) is 12.0. The Kier molecular flexibility index (Phi) is 21.2. The number of aliphatic hydroxyl groups is 1. The Hall–Kier alpha value is -4.84. The molecule has 0 radical (unpaired) electrons. The van der Waals surface area contributed by atoms with Gasteiger partial charge in [0.2, 0.25) is 0 Å². The monoisotopic (exact) mass is 709 g/mol. The first kappa shape index (κ1) is 45.2. The third kappa shape index (κ3) is 13.4. The van der Waals surface area contributed by atoms with E-state index in [2.05, 4.69) is 47.6 Å². The maximum Gasteiger partial charge on any atom is 0.150 e. The number of likely N-dealkylation sites (N-methyl/N-ethyl adjacent to an activating group) is 1. The predicted molar refractivity (Wildman–Crippen MR) is 219 cm³/mol. The molecule has 0 bridgehead atoms. The predicted octanol–water partition coefficient (Wildman–Crippen LogP) is 8.76. The molecule has 3 aromatic carbocycles. The van der Waals surface area contributed by atoms with Crippen molar-refractivity contribution < 1.29 is 14.3 Å². The molecule has 2 atom stereocenters. The molecule has 0 spiro atoms. The van der Waals surface area contributed by atoms with E-state index in [1.54, 1.807) is 24.4 Å². The molecular weight excluding hydrogens is 650 g/mol. The van der Waals surface area contributed by atoms with E-state index in [9.17, 15) is 14.3 Å². The van der Waals surface area contributed by atoms with Gasteiger partial charge in [0.1, 0.15) is 12.1 Å². The topological polar surface area (TPSA) is 127 Å². The number of benzene rings is 3. The van der Waals surface area contributed by atoms with Crippen molar-refractivity contribution in [2.75, 3.05) is 25.9 Å². The van der Waals surface area contributed by atoms with Crippen molar-refractivity contribution in [3.63, 3.8) is 0 Å². The third-order valence-electron chi connectivity index (χ3n) is 8.35. The van der Waals surface area contributed by atoms with Crippen molar-refractivity contribution in [2.45, 2.75) is 92.5 Å². The number of carbonyl (C=O) groups is 1. The SMILES string of the molecule is C#CN.CC.CC.CCc1ccc(F)c(-c2nc(C(CNC)c3ccccc3)cc(C(C)CO)c2C)c1.Cc1cc(C=O)cc(C=NC2CC2)c1N. The summed E-state index contributed by atoms with van der Waals surface area (Å²) in [7, 11) is 1.92. The van der Waals surface area contributed by atoms with Crippen LogP contribution < -0.4 is 16.8 Å². The van der Waals surface area contributed by atoms with Gasteiger partial charge in [0.05, 0.1) is 17.4 Å². The molecule has 1 aliphatic carbocycles. The van der Waals surface area contributed by atoms with Crippen molar-refractivity contribution >= 4 is 18.2 Å². The van der Waals surface area contributed by atoms with Gasteiger partial charge in [-0.2, -0.15) is 0 Å². The Balaban J connectivity index is 0.000000512. The molecule has 5 rings (SSSR count). The van der Waals surface area contributed by atoms with Crippen molar-refractivity contribution in [3.8, 4) is 23.7 Å². The molecule has 1 fully saturated rings. The van der Waals surface area contributed by atoms with Gasteiger partial charge in [-0.25, -0.2) is 4.39 Å². The highest BCUT2D eigenvalue weighted by Crippen LogP contribution is 2.34. The highest BCUT2D eigenvalue weighted by molar-refractivity contribution is 5.91. The number of aliphatic hydroxyl groups excluding tert-OH is 1. The fraction of sp³-hybridized carbons (Fsp3) is 0.386. The summed E-state index contributed by atoms with van der Waals surface area (Å²) in [6, 6.07) is 23.4.